The van der Waals surface area contributed by atoms with Crippen molar-refractivity contribution in [3.63, 3.8) is 0 Å². The molecule has 0 bridgehead atoms. The monoisotopic (exact) mass is 451 g/mol. The fourth-order valence-corrected chi connectivity index (χ4v) is 2.76. The Morgan fingerprint density at radius 3 is 2.47 bits per heavy atom. The number of benzene rings is 2. The maximum Gasteiger partial charge on any atom is 0.573 e. The zero-order valence-electron chi connectivity index (χ0n) is 16.6. The molecule has 0 radical (unpaired) electrons. The second-order valence-corrected chi connectivity index (χ2v) is 6.77. The number of hydrogen-bond acceptors (Lipinski definition) is 5. The normalized spacial score (nSPS) is 12.3. The highest BCUT2D eigenvalue weighted by molar-refractivity contribution is 5.95. The fourth-order valence-electron chi connectivity index (χ4n) is 2.76. The lowest BCUT2D eigenvalue weighted by atomic mass is 10.1. The van der Waals surface area contributed by atoms with Crippen molar-refractivity contribution in [3.8, 4) is 22.7 Å². The largest absolute Gasteiger partial charge is 0.573 e. The Kier molecular flexibility index (Phi) is 6.58. The predicted octanol–water partition coefficient (Wildman–Crippen LogP) is 3.05. The van der Waals surface area contributed by atoms with Crippen LogP contribution in [0.2, 0.25) is 0 Å². The molecule has 0 saturated carbocycles. The zero-order valence-corrected chi connectivity index (χ0v) is 16.6. The maximum absolute atomic E-state index is 13.7. The summed E-state index contributed by atoms with van der Waals surface area (Å²) in [5, 5.41) is 15.7. The summed E-state index contributed by atoms with van der Waals surface area (Å²) in [4.78, 5) is 25.5. The van der Waals surface area contributed by atoms with E-state index in [9.17, 15) is 27.2 Å². The molecule has 3 rings (SSSR count). The molecule has 0 fully saturated rings. The molecule has 168 valence electrons. The van der Waals surface area contributed by atoms with E-state index in [1.165, 1.54) is 31.2 Å². The highest BCUT2D eigenvalue weighted by atomic mass is 19.4. The Bertz CT molecular complexity index is 1180. The van der Waals surface area contributed by atoms with Gasteiger partial charge in [0.25, 0.3) is 11.5 Å². The summed E-state index contributed by atoms with van der Waals surface area (Å²) in [5.74, 6) is -1.91. The summed E-state index contributed by atoms with van der Waals surface area (Å²) >= 11 is 0. The van der Waals surface area contributed by atoms with Crippen LogP contribution in [0.4, 0.5) is 17.6 Å². The van der Waals surface area contributed by atoms with Gasteiger partial charge < -0.3 is 15.2 Å². The van der Waals surface area contributed by atoms with Crippen LogP contribution in [0.15, 0.2) is 59.4 Å². The minimum atomic E-state index is -4.86. The van der Waals surface area contributed by atoms with Crippen LogP contribution in [-0.2, 0) is 0 Å². The number of rotatable bonds is 6. The minimum absolute atomic E-state index is 0.0399. The van der Waals surface area contributed by atoms with Gasteiger partial charge in [-0.3, -0.25) is 9.59 Å². The highest BCUT2D eigenvalue weighted by Gasteiger charge is 2.31. The maximum atomic E-state index is 13.7. The van der Waals surface area contributed by atoms with E-state index in [2.05, 4.69) is 15.2 Å². The summed E-state index contributed by atoms with van der Waals surface area (Å²) in [6, 6.07) is 10.1. The highest BCUT2D eigenvalue weighted by Crippen LogP contribution is 2.26. The third kappa shape index (κ3) is 5.49. The van der Waals surface area contributed by atoms with E-state index < -0.39 is 35.4 Å². The lowest BCUT2D eigenvalue weighted by Gasteiger charge is -2.14. The van der Waals surface area contributed by atoms with Gasteiger partial charge in [0, 0.05) is 11.6 Å². The summed E-state index contributed by atoms with van der Waals surface area (Å²) in [6.07, 6.45) is -4.86. The van der Waals surface area contributed by atoms with Gasteiger partial charge >= 0.3 is 6.36 Å². The van der Waals surface area contributed by atoms with Gasteiger partial charge in [-0.15, -0.1) is 13.2 Å². The molecule has 0 aliphatic heterocycles. The van der Waals surface area contributed by atoms with E-state index >= 15 is 0 Å². The van der Waals surface area contributed by atoms with Crippen LogP contribution in [0.3, 0.4) is 0 Å². The number of aromatic nitrogens is 2. The number of nitrogens with one attached hydrogen (secondary N) is 1. The van der Waals surface area contributed by atoms with Crippen molar-refractivity contribution in [1.29, 1.82) is 0 Å². The molecule has 3 aromatic rings. The van der Waals surface area contributed by atoms with Gasteiger partial charge in [-0.2, -0.15) is 9.78 Å². The first-order valence-electron chi connectivity index (χ1n) is 9.25. The van der Waals surface area contributed by atoms with Crippen molar-refractivity contribution >= 4 is 5.91 Å². The summed E-state index contributed by atoms with van der Waals surface area (Å²) < 4.78 is 55.5. The molecule has 1 aromatic heterocycles. The molecule has 0 spiro atoms. The standard InChI is InChI=1S/C21H17F4N3O4/c1-12(11-29)26-19(30)17-10-18(13-5-7-16(8-6-13)32-21(23,24)25)27-28(20(17)31)15-4-2-3-14(22)9-15/h2-10,12,29H,11H2,1H3,(H,26,30). The van der Waals surface area contributed by atoms with E-state index in [-0.39, 0.29) is 29.1 Å². The van der Waals surface area contributed by atoms with Crippen LogP contribution >= 0.6 is 0 Å². The lowest BCUT2D eigenvalue weighted by Crippen LogP contribution is -2.39. The van der Waals surface area contributed by atoms with Crippen molar-refractivity contribution in [2.24, 2.45) is 0 Å². The number of carbonyl (C=O) groups is 1. The number of hydrogen-bond donors (Lipinski definition) is 2. The molecule has 0 aliphatic rings. The summed E-state index contributed by atoms with van der Waals surface area (Å²) in [5.41, 5.74) is -0.824. The molecule has 1 heterocycles. The fraction of sp³-hybridized carbons (Fsp3) is 0.190. The van der Waals surface area contributed by atoms with Gasteiger partial charge in [0.05, 0.1) is 18.0 Å². The average Bonchev–Trinajstić information content (AvgIpc) is 2.73. The molecule has 1 unspecified atom stereocenters. The smallest absolute Gasteiger partial charge is 0.406 e. The van der Waals surface area contributed by atoms with Gasteiger partial charge in [0.1, 0.15) is 17.1 Å². The first kappa shape index (κ1) is 22.9. The molecule has 2 N–H and O–H groups in total. The Hall–Kier alpha value is -3.73. The molecular weight excluding hydrogens is 434 g/mol. The number of alkyl halides is 3. The molecule has 2 aromatic carbocycles. The number of ether oxygens (including phenoxy) is 1. The molecular formula is C21H17F4N3O4. The van der Waals surface area contributed by atoms with E-state index in [1.54, 1.807) is 0 Å². The third-order valence-corrected chi connectivity index (χ3v) is 4.24. The zero-order chi connectivity index (χ0) is 23.5. The number of carbonyl (C=O) groups excluding carboxylic acids is 1. The number of nitrogens with zero attached hydrogens (tertiary/aromatic N) is 2. The Labute approximate surface area is 178 Å². The van der Waals surface area contributed by atoms with Gasteiger partial charge in [0.15, 0.2) is 0 Å². The summed E-state index contributed by atoms with van der Waals surface area (Å²) in [7, 11) is 0. The van der Waals surface area contributed by atoms with Crippen LogP contribution < -0.4 is 15.6 Å². The van der Waals surface area contributed by atoms with E-state index in [4.69, 9.17) is 5.11 Å². The Balaban J connectivity index is 2.11. The van der Waals surface area contributed by atoms with Gasteiger partial charge in [-0.05, 0) is 55.5 Å². The molecule has 1 amide bonds. The van der Waals surface area contributed by atoms with Gasteiger partial charge in [-0.25, -0.2) is 4.39 Å². The number of aliphatic hydroxyl groups is 1. The lowest BCUT2D eigenvalue weighted by molar-refractivity contribution is -0.274. The van der Waals surface area contributed by atoms with E-state index in [0.29, 0.717) is 0 Å². The average molecular weight is 451 g/mol. The third-order valence-electron chi connectivity index (χ3n) is 4.24. The number of halogens is 4. The number of amides is 1. The van der Waals surface area contributed by atoms with Crippen LogP contribution in [-0.4, -0.2) is 39.8 Å². The molecule has 11 heteroatoms. The minimum Gasteiger partial charge on any atom is -0.406 e. The van der Waals surface area contributed by atoms with Crippen molar-refractivity contribution in [2.45, 2.75) is 19.3 Å². The summed E-state index contributed by atoms with van der Waals surface area (Å²) in [6.45, 7) is 1.15. The Morgan fingerprint density at radius 2 is 1.88 bits per heavy atom. The first-order chi connectivity index (χ1) is 15.1. The second-order valence-electron chi connectivity index (χ2n) is 6.77. The van der Waals surface area contributed by atoms with Crippen molar-refractivity contribution in [1.82, 2.24) is 15.1 Å². The van der Waals surface area contributed by atoms with Gasteiger partial charge in [0.2, 0.25) is 0 Å². The number of aliphatic hydroxyl groups excluding tert-OH is 1. The van der Waals surface area contributed by atoms with Crippen LogP contribution in [0.1, 0.15) is 17.3 Å². The SMILES string of the molecule is CC(CO)NC(=O)c1cc(-c2ccc(OC(F)(F)F)cc2)nn(-c2cccc(F)c2)c1=O. The van der Waals surface area contributed by atoms with Crippen molar-refractivity contribution in [2.75, 3.05) is 6.61 Å². The quantitative estimate of drug-likeness (QED) is 0.562. The van der Waals surface area contributed by atoms with Crippen LogP contribution in [0, 0.1) is 5.82 Å². The molecule has 1 atom stereocenters. The molecule has 32 heavy (non-hydrogen) atoms. The van der Waals surface area contributed by atoms with Crippen LogP contribution in [0.25, 0.3) is 16.9 Å². The van der Waals surface area contributed by atoms with Crippen molar-refractivity contribution < 1.29 is 32.2 Å². The van der Waals surface area contributed by atoms with E-state index in [1.807, 2.05) is 0 Å². The predicted molar refractivity (Wildman–Crippen MR) is 106 cm³/mol. The second kappa shape index (κ2) is 9.18. The van der Waals surface area contributed by atoms with Crippen LogP contribution in [0.5, 0.6) is 5.75 Å². The Morgan fingerprint density at radius 1 is 1.19 bits per heavy atom. The molecule has 0 aliphatic carbocycles. The molecule has 0 saturated heterocycles. The first-order valence-corrected chi connectivity index (χ1v) is 9.25. The topological polar surface area (TPSA) is 93.4 Å². The molecule has 7 nitrogen and oxygen atoms in total. The van der Waals surface area contributed by atoms with E-state index in [0.717, 1.165) is 35.0 Å². The van der Waals surface area contributed by atoms with Crippen molar-refractivity contribution in [3.05, 3.63) is 76.3 Å². The van der Waals surface area contributed by atoms with Gasteiger partial charge in [-0.1, -0.05) is 6.07 Å².